The first-order valence-electron chi connectivity index (χ1n) is 2.87. The third kappa shape index (κ3) is 1.59. The van der Waals surface area contributed by atoms with Gasteiger partial charge in [0.25, 0.3) is 0 Å². The summed E-state index contributed by atoms with van der Waals surface area (Å²) >= 11 is 1.44. The Labute approximate surface area is 60.1 Å². The molecule has 1 heterocycles. The van der Waals surface area contributed by atoms with Crippen molar-refractivity contribution in [2.75, 3.05) is 0 Å². The molecule has 0 aliphatic carbocycles. The molecular weight excluding hydrogens is 148 g/mol. The van der Waals surface area contributed by atoms with Gasteiger partial charge < -0.3 is 0 Å². The van der Waals surface area contributed by atoms with E-state index in [1.807, 2.05) is 0 Å². The van der Waals surface area contributed by atoms with Crippen molar-refractivity contribution in [1.29, 1.82) is 0 Å². The van der Waals surface area contributed by atoms with Gasteiger partial charge in [-0.15, -0.1) is 0 Å². The molecule has 0 amide bonds. The second-order valence-corrected chi connectivity index (χ2v) is 8.56. The summed E-state index contributed by atoms with van der Waals surface area (Å²) in [5.74, 6) is 0. The Hall–Kier alpha value is -0.223. The highest BCUT2D eigenvalue weighted by Crippen LogP contribution is 1.98. The lowest BCUT2D eigenvalue weighted by Crippen LogP contribution is -2.40. The summed E-state index contributed by atoms with van der Waals surface area (Å²) in [6.07, 6.45) is 0. The van der Waals surface area contributed by atoms with Gasteiger partial charge in [0.15, 0.2) is 0 Å². The minimum Gasteiger partial charge on any atom is -0.233 e. The van der Waals surface area contributed by atoms with E-state index in [0.717, 1.165) is 5.45 Å². The van der Waals surface area contributed by atoms with Crippen LogP contribution in [0.3, 0.4) is 0 Å². The van der Waals surface area contributed by atoms with Gasteiger partial charge in [0.2, 0.25) is 0 Å². The second kappa shape index (κ2) is 2.19. The fourth-order valence-corrected chi connectivity index (χ4v) is 2.64. The Kier molecular flexibility index (Phi) is 1.68. The standard InChI is InChI=1S/C5H10N2SSi/c1-9(2,3)5-6-4-8-7-5/h4H,1-3H3. The van der Waals surface area contributed by atoms with Crippen molar-refractivity contribution in [1.82, 2.24) is 9.36 Å². The molecule has 50 valence electrons. The van der Waals surface area contributed by atoms with Gasteiger partial charge >= 0.3 is 0 Å². The van der Waals surface area contributed by atoms with Crippen LogP contribution < -0.4 is 5.45 Å². The van der Waals surface area contributed by atoms with Gasteiger partial charge in [0.1, 0.15) is 13.5 Å². The Morgan fingerprint density at radius 3 is 2.33 bits per heavy atom. The Morgan fingerprint density at radius 1 is 1.44 bits per heavy atom. The molecule has 0 aromatic carbocycles. The van der Waals surface area contributed by atoms with Gasteiger partial charge in [0, 0.05) is 0 Å². The summed E-state index contributed by atoms with van der Waals surface area (Å²) in [6.45, 7) is 6.74. The van der Waals surface area contributed by atoms with Gasteiger partial charge in [-0.2, -0.15) is 4.37 Å². The first-order chi connectivity index (χ1) is 4.11. The van der Waals surface area contributed by atoms with Crippen molar-refractivity contribution in [2.24, 2.45) is 0 Å². The summed E-state index contributed by atoms with van der Waals surface area (Å²) in [7, 11) is -1.19. The normalized spacial score (nSPS) is 11.9. The lowest BCUT2D eigenvalue weighted by molar-refractivity contribution is 1.38. The summed E-state index contributed by atoms with van der Waals surface area (Å²) in [5.41, 5.74) is 2.88. The second-order valence-electron chi connectivity index (χ2n) is 3.00. The van der Waals surface area contributed by atoms with Crippen LogP contribution in [-0.4, -0.2) is 17.4 Å². The molecule has 0 saturated carbocycles. The topological polar surface area (TPSA) is 25.8 Å². The molecule has 9 heavy (non-hydrogen) atoms. The van der Waals surface area contributed by atoms with Gasteiger partial charge in [-0.25, -0.2) is 4.98 Å². The first-order valence-corrected chi connectivity index (χ1v) is 7.21. The molecule has 4 heteroatoms. The van der Waals surface area contributed by atoms with E-state index in [1.54, 1.807) is 5.51 Å². The first kappa shape index (κ1) is 6.89. The monoisotopic (exact) mass is 158 g/mol. The van der Waals surface area contributed by atoms with Crippen LogP contribution in [0.5, 0.6) is 0 Å². The molecule has 0 aliphatic rings. The lowest BCUT2D eigenvalue weighted by Gasteiger charge is -2.08. The average Bonchev–Trinajstić information content (AvgIpc) is 2.08. The summed E-state index contributed by atoms with van der Waals surface area (Å²) < 4.78 is 4.18. The maximum absolute atomic E-state index is 4.18. The molecule has 0 aliphatic heterocycles. The maximum Gasteiger partial charge on any atom is 0.127 e. The minimum absolute atomic E-state index is 1.08. The SMILES string of the molecule is C[Si](C)(C)c1ncsn1. The molecule has 1 aromatic rings. The molecule has 2 nitrogen and oxygen atoms in total. The number of nitrogens with zero attached hydrogens (tertiary/aromatic N) is 2. The fourth-order valence-electron chi connectivity index (χ4n) is 0.501. The quantitative estimate of drug-likeness (QED) is 0.572. The zero-order chi connectivity index (χ0) is 6.91. The highest BCUT2D eigenvalue weighted by molar-refractivity contribution is 7.05. The highest BCUT2D eigenvalue weighted by atomic mass is 32.1. The van der Waals surface area contributed by atoms with E-state index in [1.165, 1.54) is 11.5 Å². The summed E-state index contributed by atoms with van der Waals surface area (Å²) in [4.78, 5) is 4.16. The van der Waals surface area contributed by atoms with E-state index in [2.05, 4.69) is 29.0 Å². The third-order valence-electron chi connectivity index (χ3n) is 1.03. The van der Waals surface area contributed by atoms with Crippen molar-refractivity contribution in [3.63, 3.8) is 0 Å². The van der Waals surface area contributed by atoms with E-state index in [0.29, 0.717) is 0 Å². The largest absolute Gasteiger partial charge is 0.233 e. The molecular formula is C5H10N2SSi. The van der Waals surface area contributed by atoms with Crippen molar-refractivity contribution < 1.29 is 0 Å². The number of aromatic nitrogens is 2. The molecule has 1 aromatic heterocycles. The van der Waals surface area contributed by atoms with Crippen LogP contribution in [0.25, 0.3) is 0 Å². The van der Waals surface area contributed by atoms with Crippen molar-refractivity contribution in [2.45, 2.75) is 19.6 Å². The van der Waals surface area contributed by atoms with E-state index in [9.17, 15) is 0 Å². The van der Waals surface area contributed by atoms with Crippen LogP contribution in [0.15, 0.2) is 5.51 Å². The average molecular weight is 158 g/mol. The van der Waals surface area contributed by atoms with E-state index >= 15 is 0 Å². The van der Waals surface area contributed by atoms with Crippen molar-refractivity contribution in [3.8, 4) is 0 Å². The molecule has 0 atom stereocenters. The van der Waals surface area contributed by atoms with Crippen molar-refractivity contribution >= 4 is 25.1 Å². The zero-order valence-corrected chi connectivity index (χ0v) is 7.70. The van der Waals surface area contributed by atoms with E-state index < -0.39 is 8.07 Å². The van der Waals surface area contributed by atoms with Crippen LogP contribution in [-0.2, 0) is 0 Å². The minimum atomic E-state index is -1.19. The number of hydrogen-bond donors (Lipinski definition) is 0. The van der Waals surface area contributed by atoms with Gasteiger partial charge in [-0.1, -0.05) is 19.6 Å². The smallest absolute Gasteiger partial charge is 0.127 e. The fraction of sp³-hybridized carbons (Fsp3) is 0.600. The Bertz CT molecular complexity index is 177. The van der Waals surface area contributed by atoms with E-state index in [4.69, 9.17) is 0 Å². The van der Waals surface area contributed by atoms with Gasteiger partial charge in [0.05, 0.1) is 5.51 Å². The van der Waals surface area contributed by atoms with E-state index in [-0.39, 0.29) is 0 Å². The summed E-state index contributed by atoms with van der Waals surface area (Å²) in [5, 5.41) is 0. The highest BCUT2D eigenvalue weighted by Gasteiger charge is 2.19. The molecule has 0 radical (unpaired) electrons. The zero-order valence-electron chi connectivity index (χ0n) is 5.88. The Balaban J connectivity index is 2.90. The third-order valence-corrected chi connectivity index (χ3v) is 3.25. The van der Waals surface area contributed by atoms with Gasteiger partial charge in [-0.05, 0) is 11.5 Å². The molecule has 0 saturated heterocycles. The molecule has 0 fully saturated rings. The molecule has 0 N–H and O–H groups in total. The Morgan fingerprint density at radius 2 is 2.11 bits per heavy atom. The lowest BCUT2D eigenvalue weighted by atomic mass is 11.3. The van der Waals surface area contributed by atoms with Crippen LogP contribution >= 0.6 is 11.5 Å². The maximum atomic E-state index is 4.18. The molecule has 0 spiro atoms. The number of hydrogen-bond acceptors (Lipinski definition) is 3. The van der Waals surface area contributed by atoms with Gasteiger partial charge in [-0.3, -0.25) is 0 Å². The molecule has 0 bridgehead atoms. The molecule has 0 unspecified atom stereocenters. The van der Waals surface area contributed by atoms with Crippen LogP contribution in [0, 0.1) is 0 Å². The van der Waals surface area contributed by atoms with Crippen LogP contribution in [0.1, 0.15) is 0 Å². The predicted octanol–water partition coefficient (Wildman–Crippen LogP) is 1.08. The predicted molar refractivity (Wildman–Crippen MR) is 42.9 cm³/mol. The van der Waals surface area contributed by atoms with Crippen LogP contribution in [0.2, 0.25) is 19.6 Å². The number of rotatable bonds is 1. The molecule has 1 rings (SSSR count). The van der Waals surface area contributed by atoms with Crippen LogP contribution in [0.4, 0.5) is 0 Å². The van der Waals surface area contributed by atoms with Crippen molar-refractivity contribution in [3.05, 3.63) is 5.51 Å². The summed E-state index contributed by atoms with van der Waals surface area (Å²) in [6, 6.07) is 0.